The SMILES string of the molecule is O=C(O)CC(O)(CC(=O)O)C(=O)O.[Cl-].[Li+]. The van der Waals surface area contributed by atoms with E-state index in [0.29, 0.717) is 0 Å². The minimum absolute atomic E-state index is 0. The van der Waals surface area contributed by atoms with Crippen LogP contribution in [0.4, 0.5) is 0 Å². The average molecular weight is 235 g/mol. The van der Waals surface area contributed by atoms with Gasteiger partial charge in [0, 0.05) is 0 Å². The van der Waals surface area contributed by atoms with Crippen molar-refractivity contribution in [1.29, 1.82) is 0 Å². The molecular weight excluding hydrogens is 226 g/mol. The van der Waals surface area contributed by atoms with Gasteiger partial charge in [-0.15, -0.1) is 0 Å². The molecule has 0 unspecified atom stereocenters. The maximum atomic E-state index is 10.3. The Morgan fingerprint density at radius 2 is 1.20 bits per heavy atom. The Morgan fingerprint density at radius 1 is 0.933 bits per heavy atom. The van der Waals surface area contributed by atoms with Crippen LogP contribution in [0.2, 0.25) is 0 Å². The quantitative estimate of drug-likeness (QED) is 0.347. The first kappa shape index (κ1) is 19.8. The molecule has 0 spiro atoms. The minimum atomic E-state index is -2.74. The number of carbonyl (C=O) groups is 3. The van der Waals surface area contributed by atoms with Crippen molar-refractivity contribution in [3.8, 4) is 0 Å². The number of rotatable bonds is 5. The minimum Gasteiger partial charge on any atom is -1.00 e. The first-order valence-electron chi connectivity index (χ1n) is 3.17. The first-order valence-corrected chi connectivity index (χ1v) is 3.17. The summed E-state index contributed by atoms with van der Waals surface area (Å²) >= 11 is 0. The van der Waals surface area contributed by atoms with Crippen LogP contribution in [0.25, 0.3) is 0 Å². The normalized spacial score (nSPS) is 9.40. The molecule has 15 heavy (non-hydrogen) atoms. The third-order valence-corrected chi connectivity index (χ3v) is 1.29. The van der Waals surface area contributed by atoms with Crippen molar-refractivity contribution in [2.24, 2.45) is 0 Å². The van der Waals surface area contributed by atoms with Gasteiger partial charge in [-0.2, -0.15) is 0 Å². The van der Waals surface area contributed by atoms with E-state index in [4.69, 9.17) is 20.4 Å². The number of carboxylic acids is 3. The molecule has 0 aromatic heterocycles. The van der Waals surface area contributed by atoms with Gasteiger partial charge in [0.2, 0.25) is 0 Å². The van der Waals surface area contributed by atoms with Crippen molar-refractivity contribution in [3.63, 3.8) is 0 Å². The second-order valence-electron chi connectivity index (χ2n) is 2.48. The number of halogens is 1. The van der Waals surface area contributed by atoms with E-state index in [1.54, 1.807) is 0 Å². The van der Waals surface area contributed by atoms with Gasteiger partial charge in [-0.3, -0.25) is 9.59 Å². The van der Waals surface area contributed by atoms with Crippen LogP contribution >= 0.6 is 0 Å². The Bertz CT molecular complexity index is 238. The summed E-state index contributed by atoms with van der Waals surface area (Å²) in [5.41, 5.74) is -2.74. The molecular formula is C6H8ClLiO7. The predicted molar refractivity (Wildman–Crippen MR) is 37.1 cm³/mol. The van der Waals surface area contributed by atoms with Crippen LogP contribution in [0, 0.1) is 0 Å². The summed E-state index contributed by atoms with van der Waals surface area (Å²) in [6, 6.07) is 0. The molecule has 0 bridgehead atoms. The monoisotopic (exact) mass is 234 g/mol. The van der Waals surface area contributed by atoms with Crippen LogP contribution in [-0.2, 0) is 14.4 Å². The van der Waals surface area contributed by atoms with Crippen LogP contribution in [-0.4, -0.2) is 43.9 Å². The summed E-state index contributed by atoms with van der Waals surface area (Å²) in [5.74, 6) is -5.02. The number of hydrogen-bond donors (Lipinski definition) is 4. The Morgan fingerprint density at radius 3 is 1.33 bits per heavy atom. The van der Waals surface area contributed by atoms with Crippen molar-refractivity contribution in [2.75, 3.05) is 0 Å². The van der Waals surface area contributed by atoms with Crippen LogP contribution in [0.1, 0.15) is 12.8 Å². The molecule has 0 aromatic carbocycles. The zero-order chi connectivity index (χ0) is 10.6. The summed E-state index contributed by atoms with van der Waals surface area (Å²) in [7, 11) is 0. The average Bonchev–Trinajstić information content (AvgIpc) is 1.82. The fourth-order valence-electron chi connectivity index (χ4n) is 0.714. The van der Waals surface area contributed by atoms with Crippen LogP contribution < -0.4 is 31.3 Å². The summed E-state index contributed by atoms with van der Waals surface area (Å²) in [6.07, 6.45) is -2.29. The van der Waals surface area contributed by atoms with Gasteiger partial charge in [0.1, 0.15) is 0 Å². The second-order valence-corrected chi connectivity index (χ2v) is 2.48. The topological polar surface area (TPSA) is 132 Å². The van der Waals surface area contributed by atoms with Crippen LogP contribution in [0.15, 0.2) is 0 Å². The summed E-state index contributed by atoms with van der Waals surface area (Å²) in [4.78, 5) is 30.5. The molecule has 0 aliphatic rings. The van der Waals surface area contributed by atoms with Gasteiger partial charge in [-0.05, 0) is 0 Å². The fourth-order valence-corrected chi connectivity index (χ4v) is 0.714. The van der Waals surface area contributed by atoms with E-state index in [1.807, 2.05) is 0 Å². The molecule has 0 saturated carbocycles. The Kier molecular flexibility index (Phi) is 9.93. The van der Waals surface area contributed by atoms with Gasteiger partial charge in [0.25, 0.3) is 0 Å². The molecule has 4 N–H and O–H groups in total. The molecule has 0 rings (SSSR count). The third kappa shape index (κ3) is 7.22. The van der Waals surface area contributed by atoms with E-state index < -0.39 is 36.4 Å². The number of aliphatic hydroxyl groups is 1. The molecule has 0 fully saturated rings. The standard InChI is InChI=1S/C6H8O7.ClH.Li/c7-3(8)1-6(13,5(11)12)2-4(9)10;;/h13H,1-2H2,(H,7,8)(H,9,10)(H,11,12);1H;/q;;+1/p-1. The first-order chi connectivity index (χ1) is 5.78. The van der Waals surface area contributed by atoms with Crippen molar-refractivity contribution < 1.29 is 66.1 Å². The zero-order valence-electron chi connectivity index (χ0n) is 7.81. The zero-order valence-corrected chi connectivity index (χ0v) is 8.56. The molecule has 0 heterocycles. The van der Waals surface area contributed by atoms with E-state index in [-0.39, 0.29) is 31.3 Å². The van der Waals surface area contributed by atoms with Gasteiger partial charge in [0.05, 0.1) is 12.8 Å². The van der Waals surface area contributed by atoms with Crippen molar-refractivity contribution >= 4 is 17.9 Å². The summed E-state index contributed by atoms with van der Waals surface area (Å²) in [6.45, 7) is 0. The van der Waals surface area contributed by atoms with Crippen LogP contribution in [0.5, 0.6) is 0 Å². The third-order valence-electron chi connectivity index (χ3n) is 1.29. The van der Waals surface area contributed by atoms with Crippen molar-refractivity contribution in [1.82, 2.24) is 0 Å². The molecule has 0 radical (unpaired) electrons. The molecule has 0 amide bonds. The van der Waals surface area contributed by atoms with E-state index in [2.05, 4.69) is 0 Å². The van der Waals surface area contributed by atoms with E-state index in [1.165, 1.54) is 0 Å². The summed E-state index contributed by atoms with van der Waals surface area (Å²) in [5, 5.41) is 33.8. The second kappa shape index (κ2) is 7.54. The Labute approximate surface area is 103 Å². The molecule has 0 aliphatic heterocycles. The van der Waals surface area contributed by atoms with Gasteiger partial charge in [-0.25, -0.2) is 4.79 Å². The number of aliphatic carboxylic acids is 3. The maximum Gasteiger partial charge on any atom is 1.00 e. The molecule has 0 saturated heterocycles. The van der Waals surface area contributed by atoms with Gasteiger partial charge in [-0.1, -0.05) is 0 Å². The van der Waals surface area contributed by atoms with Gasteiger partial charge in [0.15, 0.2) is 5.60 Å². The Hall–Kier alpha value is -0.743. The van der Waals surface area contributed by atoms with Crippen LogP contribution in [0.3, 0.4) is 0 Å². The molecule has 0 aromatic rings. The number of carboxylic acid groups (broad SMARTS) is 3. The van der Waals surface area contributed by atoms with E-state index in [9.17, 15) is 14.4 Å². The molecule has 0 aliphatic carbocycles. The predicted octanol–water partition coefficient (Wildman–Crippen LogP) is -7.24. The van der Waals surface area contributed by atoms with E-state index in [0.717, 1.165) is 0 Å². The van der Waals surface area contributed by atoms with Crippen molar-refractivity contribution in [3.05, 3.63) is 0 Å². The fraction of sp³-hybridized carbons (Fsp3) is 0.500. The van der Waals surface area contributed by atoms with Gasteiger partial charge < -0.3 is 32.8 Å². The summed E-state index contributed by atoms with van der Waals surface area (Å²) < 4.78 is 0. The van der Waals surface area contributed by atoms with E-state index >= 15 is 0 Å². The Balaban J connectivity index is -0.000000720. The number of hydrogen-bond acceptors (Lipinski definition) is 4. The molecule has 9 heteroatoms. The molecule has 7 nitrogen and oxygen atoms in total. The maximum absolute atomic E-state index is 10.3. The van der Waals surface area contributed by atoms with Crippen molar-refractivity contribution in [2.45, 2.75) is 18.4 Å². The largest absolute Gasteiger partial charge is 1.00 e. The molecule has 82 valence electrons. The van der Waals surface area contributed by atoms with Gasteiger partial charge >= 0.3 is 36.8 Å². The smallest absolute Gasteiger partial charge is 1.00 e. The molecule has 0 atom stereocenters.